The van der Waals surface area contributed by atoms with Gasteiger partial charge < -0.3 is 4.74 Å². The Hall–Kier alpha value is -1.88. The topological polar surface area (TPSA) is 51.2 Å². The molecule has 0 aliphatic rings. The minimum absolute atomic E-state index is 0.0122. The van der Waals surface area contributed by atoms with Crippen molar-refractivity contribution in [3.05, 3.63) is 40.9 Å². The lowest BCUT2D eigenvalue weighted by molar-refractivity contribution is -0.118. The van der Waals surface area contributed by atoms with Gasteiger partial charge in [-0.3, -0.25) is 10.1 Å². The zero-order valence-electron chi connectivity index (χ0n) is 10.3. The van der Waals surface area contributed by atoms with Gasteiger partial charge in [-0.2, -0.15) is 0 Å². The van der Waals surface area contributed by atoms with Crippen LogP contribution >= 0.6 is 11.3 Å². The van der Waals surface area contributed by atoms with Crippen LogP contribution in [0.3, 0.4) is 0 Å². The normalized spacial score (nSPS) is 10.1. The predicted molar refractivity (Wildman–Crippen MR) is 72.2 cm³/mol. The fourth-order valence-corrected chi connectivity index (χ4v) is 2.18. The quantitative estimate of drug-likeness (QED) is 0.921. The number of nitrogens with one attached hydrogen (secondary N) is 1. The molecule has 0 saturated carbocycles. The van der Waals surface area contributed by atoms with Crippen LogP contribution in [0.25, 0.3) is 0 Å². The van der Waals surface area contributed by atoms with Crippen LogP contribution in [-0.4, -0.2) is 17.5 Å². The number of thiazole rings is 1. The van der Waals surface area contributed by atoms with Crippen molar-refractivity contribution in [1.29, 1.82) is 0 Å². The van der Waals surface area contributed by atoms with Gasteiger partial charge in [0.2, 0.25) is 0 Å². The van der Waals surface area contributed by atoms with Crippen LogP contribution in [-0.2, 0) is 4.79 Å². The number of para-hydroxylation sites is 1. The second kappa shape index (κ2) is 5.64. The Bertz CT molecular complexity index is 518. The van der Waals surface area contributed by atoms with Gasteiger partial charge >= 0.3 is 0 Å². The summed E-state index contributed by atoms with van der Waals surface area (Å²) in [5.74, 6) is 0.478. The van der Waals surface area contributed by atoms with Gasteiger partial charge in [-0.25, -0.2) is 4.98 Å². The number of carbonyl (C=O) groups excluding carboxylic acids is 1. The molecule has 1 N–H and O–H groups in total. The lowest BCUT2D eigenvalue weighted by Crippen LogP contribution is -2.20. The monoisotopic (exact) mass is 262 g/mol. The number of amides is 1. The predicted octanol–water partition coefficient (Wildman–Crippen LogP) is 2.78. The molecule has 2 aromatic rings. The molecule has 0 aliphatic carbocycles. The third kappa shape index (κ3) is 3.30. The molecule has 0 saturated heterocycles. The van der Waals surface area contributed by atoms with Crippen molar-refractivity contribution in [3.63, 3.8) is 0 Å². The number of anilines is 1. The summed E-state index contributed by atoms with van der Waals surface area (Å²) in [6.45, 7) is 3.88. The van der Waals surface area contributed by atoms with Gasteiger partial charge in [-0.1, -0.05) is 18.2 Å². The van der Waals surface area contributed by atoms with E-state index in [9.17, 15) is 4.79 Å². The van der Waals surface area contributed by atoms with Crippen LogP contribution < -0.4 is 10.1 Å². The molecule has 1 aromatic carbocycles. The highest BCUT2D eigenvalue weighted by atomic mass is 32.1. The summed E-state index contributed by atoms with van der Waals surface area (Å²) < 4.78 is 5.34. The highest BCUT2D eigenvalue weighted by molar-refractivity contribution is 7.15. The Balaban J connectivity index is 1.86. The standard InChI is InChI=1S/C13H14N2O2S/c1-9-10(2)18-13(14-9)15-12(16)8-17-11-6-4-3-5-7-11/h3-7H,8H2,1-2H3,(H,14,15,16). The lowest BCUT2D eigenvalue weighted by atomic mass is 10.3. The fraction of sp³-hybridized carbons (Fsp3) is 0.231. The highest BCUT2D eigenvalue weighted by Gasteiger charge is 2.08. The van der Waals surface area contributed by atoms with E-state index in [-0.39, 0.29) is 12.5 Å². The first-order chi connectivity index (χ1) is 8.65. The van der Waals surface area contributed by atoms with Gasteiger partial charge in [-0.15, -0.1) is 11.3 Å². The number of aryl methyl sites for hydroxylation is 2. The van der Waals surface area contributed by atoms with E-state index in [1.165, 1.54) is 11.3 Å². The third-order valence-corrected chi connectivity index (χ3v) is 3.38. The van der Waals surface area contributed by atoms with Crippen LogP contribution in [0.15, 0.2) is 30.3 Å². The summed E-state index contributed by atoms with van der Waals surface area (Å²) in [5, 5.41) is 3.33. The summed E-state index contributed by atoms with van der Waals surface area (Å²) in [5.41, 5.74) is 0.944. The Morgan fingerprint density at radius 2 is 2.06 bits per heavy atom. The number of rotatable bonds is 4. The van der Waals surface area contributed by atoms with Crippen molar-refractivity contribution in [2.45, 2.75) is 13.8 Å². The molecule has 1 aromatic heterocycles. The van der Waals surface area contributed by atoms with Crippen LogP contribution in [0.4, 0.5) is 5.13 Å². The first-order valence-corrected chi connectivity index (χ1v) is 6.38. The van der Waals surface area contributed by atoms with Gasteiger partial charge in [0, 0.05) is 4.88 Å². The van der Waals surface area contributed by atoms with Gasteiger partial charge in [-0.05, 0) is 26.0 Å². The number of nitrogens with zero attached hydrogens (tertiary/aromatic N) is 1. The molecule has 1 amide bonds. The summed E-state index contributed by atoms with van der Waals surface area (Å²) >= 11 is 1.47. The summed E-state index contributed by atoms with van der Waals surface area (Å²) in [7, 11) is 0. The van der Waals surface area contributed by atoms with Crippen molar-refractivity contribution in [1.82, 2.24) is 4.98 Å². The van der Waals surface area contributed by atoms with E-state index in [1.54, 1.807) is 0 Å². The Labute approximate surface area is 110 Å². The molecule has 5 heteroatoms. The van der Waals surface area contributed by atoms with Crippen molar-refractivity contribution < 1.29 is 9.53 Å². The molecule has 0 atom stereocenters. The van der Waals surface area contributed by atoms with Crippen LogP contribution in [0, 0.1) is 13.8 Å². The second-order valence-electron chi connectivity index (χ2n) is 3.81. The average Bonchev–Trinajstić information content (AvgIpc) is 2.67. The molecule has 94 valence electrons. The molecule has 2 rings (SSSR count). The number of benzene rings is 1. The molecule has 0 spiro atoms. The van der Waals surface area contributed by atoms with E-state index in [0.717, 1.165) is 10.6 Å². The number of carbonyl (C=O) groups is 1. The summed E-state index contributed by atoms with van der Waals surface area (Å²) in [6.07, 6.45) is 0. The maximum atomic E-state index is 11.6. The van der Waals surface area contributed by atoms with Crippen LogP contribution in [0.1, 0.15) is 10.6 Å². The number of hydrogen-bond donors (Lipinski definition) is 1. The molecule has 0 aliphatic heterocycles. The van der Waals surface area contributed by atoms with Gasteiger partial charge in [0.1, 0.15) is 5.75 Å². The molecule has 18 heavy (non-hydrogen) atoms. The molecule has 0 fully saturated rings. The Kier molecular flexibility index (Phi) is 3.94. The van der Waals surface area contributed by atoms with E-state index in [4.69, 9.17) is 4.74 Å². The van der Waals surface area contributed by atoms with E-state index >= 15 is 0 Å². The van der Waals surface area contributed by atoms with Gasteiger partial charge in [0.05, 0.1) is 5.69 Å². The third-order valence-electron chi connectivity index (χ3n) is 2.39. The van der Waals surface area contributed by atoms with E-state index in [2.05, 4.69) is 10.3 Å². The van der Waals surface area contributed by atoms with Crippen LogP contribution in [0.2, 0.25) is 0 Å². The smallest absolute Gasteiger partial charge is 0.264 e. The second-order valence-corrected chi connectivity index (χ2v) is 5.01. The molecule has 0 unspecified atom stereocenters. The zero-order valence-corrected chi connectivity index (χ0v) is 11.1. The van der Waals surface area contributed by atoms with Gasteiger partial charge in [0.15, 0.2) is 11.7 Å². The number of aromatic nitrogens is 1. The molecular formula is C13H14N2O2S. The average molecular weight is 262 g/mol. The van der Waals surface area contributed by atoms with Crippen molar-refractivity contribution in [2.75, 3.05) is 11.9 Å². The number of ether oxygens (including phenoxy) is 1. The maximum Gasteiger partial charge on any atom is 0.264 e. The summed E-state index contributed by atoms with van der Waals surface area (Å²) in [6, 6.07) is 9.24. The zero-order chi connectivity index (χ0) is 13.0. The molecular weight excluding hydrogens is 248 g/mol. The minimum Gasteiger partial charge on any atom is -0.484 e. The minimum atomic E-state index is -0.201. The molecule has 0 radical (unpaired) electrons. The molecule has 4 nitrogen and oxygen atoms in total. The van der Waals surface area contributed by atoms with Crippen molar-refractivity contribution in [2.24, 2.45) is 0 Å². The Morgan fingerprint density at radius 3 is 2.67 bits per heavy atom. The van der Waals surface area contributed by atoms with Crippen LogP contribution in [0.5, 0.6) is 5.75 Å². The SMILES string of the molecule is Cc1nc(NC(=O)COc2ccccc2)sc1C. The van der Waals surface area contributed by atoms with E-state index in [1.807, 2.05) is 44.2 Å². The van der Waals surface area contributed by atoms with Gasteiger partial charge in [0.25, 0.3) is 5.91 Å². The van der Waals surface area contributed by atoms with Crippen molar-refractivity contribution in [3.8, 4) is 5.75 Å². The van der Waals surface area contributed by atoms with E-state index < -0.39 is 0 Å². The fourth-order valence-electron chi connectivity index (χ4n) is 1.35. The number of hydrogen-bond acceptors (Lipinski definition) is 4. The van der Waals surface area contributed by atoms with Crippen molar-refractivity contribution >= 4 is 22.4 Å². The molecule has 0 bridgehead atoms. The largest absolute Gasteiger partial charge is 0.484 e. The first kappa shape index (κ1) is 12.6. The first-order valence-electron chi connectivity index (χ1n) is 5.57. The highest BCUT2D eigenvalue weighted by Crippen LogP contribution is 2.20. The molecule has 1 heterocycles. The Morgan fingerprint density at radius 1 is 1.33 bits per heavy atom. The lowest BCUT2D eigenvalue weighted by Gasteiger charge is -2.05. The van der Waals surface area contributed by atoms with E-state index in [0.29, 0.717) is 10.9 Å². The summed E-state index contributed by atoms with van der Waals surface area (Å²) in [4.78, 5) is 17.0. The maximum absolute atomic E-state index is 11.6.